The van der Waals surface area contributed by atoms with Crippen molar-refractivity contribution in [1.82, 2.24) is 10.6 Å². The van der Waals surface area contributed by atoms with Crippen LogP contribution in [0.3, 0.4) is 0 Å². The zero-order valence-electron chi connectivity index (χ0n) is 24.3. The van der Waals surface area contributed by atoms with Gasteiger partial charge in [0, 0.05) is 18.4 Å². The van der Waals surface area contributed by atoms with Crippen molar-refractivity contribution in [1.29, 1.82) is 0 Å². The first kappa shape index (κ1) is 32.6. The summed E-state index contributed by atoms with van der Waals surface area (Å²) < 4.78 is 11.6. The molecule has 2 aromatic rings. The summed E-state index contributed by atoms with van der Waals surface area (Å²) in [6.07, 6.45) is -4.89. The average molecular weight is 597 g/mol. The minimum atomic E-state index is -1.58. The first-order valence-electron chi connectivity index (χ1n) is 14.5. The average Bonchev–Trinajstić information content (AvgIpc) is 3.43. The van der Waals surface area contributed by atoms with E-state index in [1.165, 1.54) is 0 Å². The molecule has 2 heterocycles. The highest BCUT2D eigenvalue weighted by Crippen LogP contribution is 2.30. The van der Waals surface area contributed by atoms with Crippen LogP contribution in [0.5, 0.6) is 0 Å². The van der Waals surface area contributed by atoms with Crippen LogP contribution >= 0.6 is 0 Å². The third-order valence-corrected chi connectivity index (χ3v) is 7.46. The zero-order chi connectivity index (χ0) is 31.0. The van der Waals surface area contributed by atoms with Crippen molar-refractivity contribution in [3.05, 3.63) is 71.8 Å². The molecule has 6 atom stereocenters. The molecule has 0 aliphatic carbocycles. The Balaban J connectivity index is 1.50. The van der Waals surface area contributed by atoms with Gasteiger partial charge in [-0.1, -0.05) is 67.5 Å². The van der Waals surface area contributed by atoms with E-state index in [2.05, 4.69) is 15.8 Å². The van der Waals surface area contributed by atoms with Gasteiger partial charge in [-0.2, -0.15) is 0 Å². The van der Waals surface area contributed by atoms with E-state index in [4.69, 9.17) is 14.1 Å². The molecule has 232 valence electrons. The molecule has 2 amide bonds. The molecular weight excluding hydrogens is 557 g/mol. The number of rotatable bonds is 13. The van der Waals surface area contributed by atoms with Crippen molar-refractivity contribution in [2.24, 2.45) is 11.1 Å². The molecular formula is C30H40BN3O9. The number of nitrogens with one attached hydrogen (secondary N) is 2. The number of hydrogen-bond acceptors (Lipinski definition) is 10. The third kappa shape index (κ3) is 8.40. The standard InChI is InChI=1S/C30H40BN3O9/c1-19(2)13-25(31-41-18-24(37)27(42-31)26(38)23(36)17-35)33-29(40)30(14-20-9-5-3-6-10-20)15-22(34-43-30)16-32-28(39)21-11-7-4-8-12-21/h3-12,19,23-27,35-38H,13-18H2,1-2H3,(H,32,39)(H,33,40)/t23?,24?,25-,26?,27?,30?/m0/s1. The number of aliphatic hydroxyl groups excluding tert-OH is 4. The molecule has 4 rings (SSSR count). The van der Waals surface area contributed by atoms with Crippen molar-refractivity contribution in [2.75, 3.05) is 19.8 Å². The van der Waals surface area contributed by atoms with Crippen molar-refractivity contribution in [3.8, 4) is 0 Å². The van der Waals surface area contributed by atoms with Crippen LogP contribution in [0.2, 0.25) is 0 Å². The highest BCUT2D eigenvalue weighted by Gasteiger charge is 2.50. The van der Waals surface area contributed by atoms with E-state index in [1.807, 2.05) is 50.2 Å². The third-order valence-electron chi connectivity index (χ3n) is 7.46. The van der Waals surface area contributed by atoms with Crippen LogP contribution in [0, 0.1) is 5.92 Å². The molecule has 13 heteroatoms. The lowest BCUT2D eigenvalue weighted by Crippen LogP contribution is -2.63. The van der Waals surface area contributed by atoms with E-state index in [0.29, 0.717) is 17.7 Å². The largest absolute Gasteiger partial charge is 0.481 e. The van der Waals surface area contributed by atoms with Gasteiger partial charge in [-0.25, -0.2) is 0 Å². The molecule has 0 aromatic heterocycles. The molecule has 43 heavy (non-hydrogen) atoms. The summed E-state index contributed by atoms with van der Waals surface area (Å²) in [4.78, 5) is 32.5. The second kappa shape index (κ2) is 14.9. The minimum absolute atomic E-state index is 0.0883. The van der Waals surface area contributed by atoms with Gasteiger partial charge in [-0.3, -0.25) is 9.59 Å². The zero-order valence-corrected chi connectivity index (χ0v) is 24.3. The van der Waals surface area contributed by atoms with Crippen molar-refractivity contribution < 1.29 is 44.2 Å². The molecule has 1 fully saturated rings. The topological polar surface area (TPSA) is 179 Å². The Morgan fingerprint density at radius 1 is 1.09 bits per heavy atom. The molecule has 2 aliphatic rings. The van der Waals surface area contributed by atoms with E-state index >= 15 is 0 Å². The van der Waals surface area contributed by atoms with Gasteiger partial charge < -0.3 is 45.2 Å². The first-order chi connectivity index (χ1) is 20.6. The normalized spacial score (nSPS) is 24.1. The quantitative estimate of drug-likeness (QED) is 0.176. The number of oxime groups is 1. The molecule has 12 nitrogen and oxygen atoms in total. The highest BCUT2D eigenvalue weighted by atomic mass is 16.7. The number of amides is 2. The minimum Gasteiger partial charge on any atom is -0.407 e. The van der Waals surface area contributed by atoms with Crippen LogP contribution in [0.4, 0.5) is 0 Å². The number of carbonyl (C=O) groups excluding carboxylic acids is 2. The highest BCUT2D eigenvalue weighted by molar-refractivity contribution is 6.47. The molecule has 6 N–H and O–H groups in total. The molecule has 2 aliphatic heterocycles. The molecule has 1 saturated heterocycles. The summed E-state index contributed by atoms with van der Waals surface area (Å²) in [6, 6.07) is 18.1. The summed E-state index contributed by atoms with van der Waals surface area (Å²) in [5, 5.41) is 50.0. The predicted molar refractivity (Wildman–Crippen MR) is 158 cm³/mol. The summed E-state index contributed by atoms with van der Waals surface area (Å²) in [6.45, 7) is 3.07. The van der Waals surface area contributed by atoms with Crippen LogP contribution in [-0.2, 0) is 25.4 Å². The maximum atomic E-state index is 14.1. The summed E-state index contributed by atoms with van der Waals surface area (Å²) in [7, 11) is -1.07. The molecule has 2 aromatic carbocycles. The maximum Gasteiger partial charge on any atom is 0.481 e. The first-order valence-corrected chi connectivity index (χ1v) is 14.5. The van der Waals surface area contributed by atoms with E-state index in [0.717, 1.165) is 5.56 Å². The number of hydrogen-bond donors (Lipinski definition) is 6. The van der Waals surface area contributed by atoms with Gasteiger partial charge in [0.2, 0.25) is 5.60 Å². The Morgan fingerprint density at radius 2 is 1.77 bits per heavy atom. The Hall–Kier alpha value is -3.33. The molecule has 0 spiro atoms. The van der Waals surface area contributed by atoms with Gasteiger partial charge in [-0.05, 0) is 30.0 Å². The summed E-state index contributed by atoms with van der Waals surface area (Å²) >= 11 is 0. The lowest BCUT2D eigenvalue weighted by Gasteiger charge is -2.39. The van der Waals surface area contributed by atoms with Gasteiger partial charge in [0.25, 0.3) is 11.8 Å². The maximum absolute atomic E-state index is 14.1. The fraction of sp³-hybridized carbons (Fsp3) is 0.500. The predicted octanol–water partition coefficient (Wildman–Crippen LogP) is 0.223. The monoisotopic (exact) mass is 597 g/mol. The van der Waals surface area contributed by atoms with Crippen LogP contribution in [0.25, 0.3) is 0 Å². The summed E-state index contributed by atoms with van der Waals surface area (Å²) in [5.41, 5.74) is 0.408. The number of carbonyl (C=O) groups is 2. The van der Waals surface area contributed by atoms with Gasteiger partial charge in [0.1, 0.15) is 18.3 Å². The van der Waals surface area contributed by atoms with Crippen molar-refractivity contribution in [2.45, 2.75) is 69.1 Å². The number of aliphatic hydroxyl groups is 4. The fourth-order valence-corrected chi connectivity index (χ4v) is 5.20. The van der Waals surface area contributed by atoms with Crippen molar-refractivity contribution >= 4 is 24.6 Å². The smallest absolute Gasteiger partial charge is 0.407 e. The van der Waals surface area contributed by atoms with Crippen LogP contribution in [0.15, 0.2) is 65.8 Å². The molecule has 5 unspecified atom stereocenters. The number of benzene rings is 2. The van der Waals surface area contributed by atoms with Crippen LogP contribution in [0.1, 0.15) is 42.6 Å². The molecule has 0 radical (unpaired) electrons. The lowest BCUT2D eigenvalue weighted by molar-refractivity contribution is -0.147. The van der Waals surface area contributed by atoms with Gasteiger partial charge in [0.05, 0.1) is 37.5 Å². The second-order valence-corrected chi connectivity index (χ2v) is 11.5. The van der Waals surface area contributed by atoms with Crippen LogP contribution < -0.4 is 10.6 Å². The lowest BCUT2D eigenvalue weighted by atomic mass is 9.71. The van der Waals surface area contributed by atoms with E-state index in [1.54, 1.807) is 24.3 Å². The Kier molecular flexibility index (Phi) is 11.3. The van der Waals surface area contributed by atoms with Crippen molar-refractivity contribution in [3.63, 3.8) is 0 Å². The SMILES string of the molecule is CC(C)C[C@H](NC(=O)C1(Cc2ccccc2)CC(CNC(=O)c2ccccc2)=NO1)B1OCC(O)C(C(O)C(O)CO)O1. The van der Waals surface area contributed by atoms with Gasteiger partial charge >= 0.3 is 7.12 Å². The van der Waals surface area contributed by atoms with Gasteiger partial charge in [-0.15, -0.1) is 0 Å². The van der Waals surface area contributed by atoms with E-state index < -0.39 is 55.6 Å². The van der Waals surface area contributed by atoms with Crippen LogP contribution in [-0.4, -0.2) is 101 Å². The number of nitrogens with zero attached hydrogens (tertiary/aromatic N) is 1. The Bertz CT molecular complexity index is 1240. The van der Waals surface area contributed by atoms with E-state index in [-0.39, 0.29) is 37.8 Å². The fourth-order valence-electron chi connectivity index (χ4n) is 5.20. The Labute approximate surface area is 251 Å². The molecule has 0 bridgehead atoms. The second-order valence-electron chi connectivity index (χ2n) is 11.5. The van der Waals surface area contributed by atoms with E-state index in [9.17, 15) is 30.0 Å². The summed E-state index contributed by atoms with van der Waals surface area (Å²) in [5.74, 6) is -1.38. The molecule has 0 saturated carbocycles. The van der Waals surface area contributed by atoms with Gasteiger partial charge in [0.15, 0.2) is 0 Å². The Morgan fingerprint density at radius 3 is 2.42 bits per heavy atom.